The Bertz CT molecular complexity index is 460. The zero-order valence-electron chi connectivity index (χ0n) is 13.6. The van der Waals surface area contributed by atoms with Gasteiger partial charge in [-0.1, -0.05) is 44.9 Å². The minimum Gasteiger partial charge on any atom is -0.329 e. The molecule has 2 unspecified atom stereocenters. The van der Waals surface area contributed by atoms with Crippen molar-refractivity contribution in [3.8, 4) is 0 Å². The molecule has 2 rings (SSSR count). The quantitative estimate of drug-likeness (QED) is 0.894. The van der Waals surface area contributed by atoms with Gasteiger partial charge in [0.2, 0.25) is 0 Å². The Hall–Kier alpha value is -0.930. The fourth-order valence-corrected chi connectivity index (χ4v) is 3.69. The lowest BCUT2D eigenvalue weighted by molar-refractivity contribution is 0.0389. The minimum absolute atomic E-state index is 0.0233. The van der Waals surface area contributed by atoms with E-state index >= 15 is 0 Å². The molecule has 0 aliphatic heterocycles. The molecular weight excluding hydrogens is 263 g/mol. The first-order valence-electron chi connectivity index (χ1n) is 8.13. The van der Waals surface area contributed by atoms with Gasteiger partial charge in [0, 0.05) is 24.2 Å². The van der Waals surface area contributed by atoms with E-state index in [0.29, 0.717) is 19.0 Å². The number of likely N-dealkylation sites (N-methyl/N-ethyl adjacent to an activating group) is 1. The number of hydrogen-bond acceptors (Lipinski definition) is 2. The predicted molar refractivity (Wildman–Crippen MR) is 86.4 cm³/mol. The Labute approximate surface area is 128 Å². The molecule has 0 heterocycles. The summed E-state index contributed by atoms with van der Waals surface area (Å²) in [6, 6.07) is 7.06. The summed E-state index contributed by atoms with van der Waals surface area (Å²) >= 11 is 0. The van der Waals surface area contributed by atoms with E-state index in [1.807, 2.05) is 12.1 Å². The number of hydrogen-bond donors (Lipinski definition) is 1. The van der Waals surface area contributed by atoms with E-state index < -0.39 is 0 Å². The number of rotatable bonds is 5. The lowest BCUT2D eigenvalue weighted by Gasteiger charge is -2.47. The summed E-state index contributed by atoms with van der Waals surface area (Å²) in [6.07, 6.45) is 4.78. The Balaban J connectivity index is 2.14. The molecule has 2 nitrogen and oxygen atoms in total. The van der Waals surface area contributed by atoms with E-state index in [9.17, 15) is 4.39 Å². The van der Waals surface area contributed by atoms with Gasteiger partial charge in [0.05, 0.1) is 0 Å². The topological polar surface area (TPSA) is 29.3 Å². The summed E-state index contributed by atoms with van der Waals surface area (Å²) in [5, 5.41) is 0. The zero-order chi connectivity index (χ0) is 15.5. The van der Waals surface area contributed by atoms with Crippen LogP contribution in [0.4, 0.5) is 4.39 Å². The van der Waals surface area contributed by atoms with Gasteiger partial charge in [-0.05, 0) is 37.8 Å². The molecule has 0 amide bonds. The fraction of sp³-hybridized carbons (Fsp3) is 0.667. The van der Waals surface area contributed by atoms with E-state index in [1.165, 1.54) is 18.9 Å². The van der Waals surface area contributed by atoms with E-state index in [1.54, 1.807) is 6.07 Å². The van der Waals surface area contributed by atoms with Crippen LogP contribution in [0.3, 0.4) is 0 Å². The largest absolute Gasteiger partial charge is 0.329 e. The van der Waals surface area contributed by atoms with Crippen LogP contribution in [-0.4, -0.2) is 24.0 Å². The minimum atomic E-state index is -0.118. The Kier molecular flexibility index (Phi) is 5.39. The summed E-state index contributed by atoms with van der Waals surface area (Å²) in [5.74, 6) is 1.30. The highest BCUT2D eigenvalue weighted by atomic mass is 19.1. The second kappa shape index (κ2) is 6.89. The van der Waals surface area contributed by atoms with Crippen molar-refractivity contribution in [2.45, 2.75) is 51.6 Å². The van der Waals surface area contributed by atoms with Crippen LogP contribution >= 0.6 is 0 Å². The van der Waals surface area contributed by atoms with Gasteiger partial charge < -0.3 is 5.73 Å². The Morgan fingerprint density at radius 3 is 2.71 bits per heavy atom. The lowest BCUT2D eigenvalue weighted by Crippen LogP contribution is -2.54. The second-order valence-electron chi connectivity index (χ2n) is 6.98. The maximum atomic E-state index is 13.9. The third kappa shape index (κ3) is 3.64. The monoisotopic (exact) mass is 292 g/mol. The number of halogens is 1. The summed E-state index contributed by atoms with van der Waals surface area (Å²) in [6.45, 7) is 5.89. The molecule has 21 heavy (non-hydrogen) atoms. The fourth-order valence-electron chi connectivity index (χ4n) is 3.69. The third-order valence-corrected chi connectivity index (χ3v) is 5.36. The molecule has 0 bridgehead atoms. The van der Waals surface area contributed by atoms with Crippen LogP contribution in [0.1, 0.15) is 45.1 Å². The molecule has 1 saturated carbocycles. The molecular formula is C18H29FN2. The Morgan fingerprint density at radius 1 is 1.38 bits per heavy atom. The predicted octanol–water partition coefficient (Wildman–Crippen LogP) is 3.80. The SMILES string of the molecule is CC(C)C1CCCC(CN)(N(C)Cc2ccccc2F)C1. The number of nitrogens with two attached hydrogens (primary N) is 1. The second-order valence-corrected chi connectivity index (χ2v) is 6.98. The maximum absolute atomic E-state index is 13.9. The number of benzene rings is 1. The van der Waals surface area contributed by atoms with Crippen molar-refractivity contribution in [1.82, 2.24) is 4.90 Å². The molecule has 1 aliphatic rings. The average Bonchev–Trinajstić information content (AvgIpc) is 2.49. The van der Waals surface area contributed by atoms with Crippen molar-refractivity contribution < 1.29 is 4.39 Å². The number of nitrogens with zero attached hydrogens (tertiary/aromatic N) is 1. The van der Waals surface area contributed by atoms with Crippen LogP contribution in [0.15, 0.2) is 24.3 Å². The molecule has 3 heteroatoms. The zero-order valence-corrected chi connectivity index (χ0v) is 13.6. The lowest BCUT2D eigenvalue weighted by atomic mass is 9.71. The van der Waals surface area contributed by atoms with E-state index in [4.69, 9.17) is 5.73 Å². The van der Waals surface area contributed by atoms with Gasteiger partial charge in [-0.25, -0.2) is 4.39 Å². The van der Waals surface area contributed by atoms with Crippen molar-refractivity contribution in [3.63, 3.8) is 0 Å². The summed E-state index contributed by atoms with van der Waals surface area (Å²) in [4.78, 5) is 2.29. The molecule has 118 valence electrons. The van der Waals surface area contributed by atoms with Gasteiger partial charge in [-0.2, -0.15) is 0 Å². The molecule has 1 aliphatic carbocycles. The van der Waals surface area contributed by atoms with Crippen molar-refractivity contribution in [3.05, 3.63) is 35.6 Å². The molecule has 1 fully saturated rings. The van der Waals surface area contributed by atoms with Crippen LogP contribution in [0.5, 0.6) is 0 Å². The molecule has 0 spiro atoms. The van der Waals surface area contributed by atoms with E-state index in [0.717, 1.165) is 24.3 Å². The van der Waals surface area contributed by atoms with Crippen LogP contribution < -0.4 is 5.73 Å². The first-order chi connectivity index (χ1) is 9.98. The van der Waals surface area contributed by atoms with Crippen molar-refractivity contribution in [2.24, 2.45) is 17.6 Å². The van der Waals surface area contributed by atoms with Crippen molar-refractivity contribution in [1.29, 1.82) is 0 Å². The van der Waals surface area contributed by atoms with Crippen LogP contribution in [0.2, 0.25) is 0 Å². The molecule has 0 saturated heterocycles. The van der Waals surface area contributed by atoms with Gasteiger partial charge in [0.15, 0.2) is 0 Å². The highest BCUT2D eigenvalue weighted by Crippen LogP contribution is 2.39. The Morgan fingerprint density at radius 2 is 2.10 bits per heavy atom. The van der Waals surface area contributed by atoms with Gasteiger partial charge >= 0.3 is 0 Å². The van der Waals surface area contributed by atoms with Crippen LogP contribution in [0, 0.1) is 17.7 Å². The standard InChI is InChI=1S/C18H29FN2/c1-14(2)15-8-6-10-18(11-15,13-20)21(3)12-16-7-4-5-9-17(16)19/h4-5,7,9,14-15H,6,8,10-13,20H2,1-3H3. The van der Waals surface area contributed by atoms with Gasteiger partial charge in [0.1, 0.15) is 5.82 Å². The smallest absolute Gasteiger partial charge is 0.127 e. The summed E-state index contributed by atoms with van der Waals surface area (Å²) < 4.78 is 13.9. The highest BCUT2D eigenvalue weighted by Gasteiger charge is 2.39. The van der Waals surface area contributed by atoms with Crippen LogP contribution in [-0.2, 0) is 6.54 Å². The van der Waals surface area contributed by atoms with Gasteiger partial charge in [-0.3, -0.25) is 4.90 Å². The van der Waals surface area contributed by atoms with Crippen molar-refractivity contribution >= 4 is 0 Å². The maximum Gasteiger partial charge on any atom is 0.127 e. The first-order valence-corrected chi connectivity index (χ1v) is 8.13. The molecule has 0 radical (unpaired) electrons. The van der Waals surface area contributed by atoms with E-state index in [2.05, 4.69) is 25.8 Å². The third-order valence-electron chi connectivity index (χ3n) is 5.36. The van der Waals surface area contributed by atoms with Gasteiger partial charge in [0.25, 0.3) is 0 Å². The molecule has 1 aromatic carbocycles. The molecule has 2 atom stereocenters. The van der Waals surface area contributed by atoms with Crippen molar-refractivity contribution in [2.75, 3.05) is 13.6 Å². The molecule has 2 N–H and O–H groups in total. The molecule has 0 aromatic heterocycles. The summed E-state index contributed by atoms with van der Waals surface area (Å²) in [7, 11) is 2.10. The normalized spacial score (nSPS) is 26.5. The van der Waals surface area contributed by atoms with Gasteiger partial charge in [-0.15, -0.1) is 0 Å². The average molecular weight is 292 g/mol. The molecule has 1 aromatic rings. The first kappa shape index (κ1) is 16.4. The van der Waals surface area contributed by atoms with E-state index in [-0.39, 0.29) is 11.4 Å². The highest BCUT2D eigenvalue weighted by molar-refractivity contribution is 5.17. The summed E-state index contributed by atoms with van der Waals surface area (Å²) in [5.41, 5.74) is 6.94. The van der Waals surface area contributed by atoms with Crippen LogP contribution in [0.25, 0.3) is 0 Å².